The number of amides is 2. The molecule has 2 amide bonds. The van der Waals surface area contributed by atoms with Crippen molar-refractivity contribution in [2.24, 2.45) is 0 Å². The first-order valence-corrected chi connectivity index (χ1v) is 12.9. The SMILES string of the molecule is CCOc1ccc(-c2csc(NC(=O)C(CC)Sc3cccc(NC(=O)c4ccco4)c3)n2)cc1. The number of carbonyl (C=O) groups is 2. The summed E-state index contributed by atoms with van der Waals surface area (Å²) in [5.74, 6) is 0.610. The number of thioether (sulfide) groups is 1. The summed E-state index contributed by atoms with van der Waals surface area (Å²) >= 11 is 2.83. The van der Waals surface area contributed by atoms with Gasteiger partial charge in [0, 0.05) is 21.5 Å². The summed E-state index contributed by atoms with van der Waals surface area (Å²) in [7, 11) is 0. The molecule has 0 spiro atoms. The fraction of sp³-hybridized carbons (Fsp3) is 0.192. The molecule has 0 aliphatic carbocycles. The fourth-order valence-electron chi connectivity index (χ4n) is 3.27. The second kappa shape index (κ2) is 11.7. The number of nitrogens with one attached hydrogen (secondary N) is 2. The van der Waals surface area contributed by atoms with Gasteiger partial charge in [-0.25, -0.2) is 4.98 Å². The average Bonchev–Trinajstić information content (AvgIpc) is 3.56. The number of anilines is 2. The predicted molar refractivity (Wildman–Crippen MR) is 140 cm³/mol. The van der Waals surface area contributed by atoms with Crippen LogP contribution in [0.5, 0.6) is 5.75 Å². The molecule has 0 saturated carbocycles. The molecule has 7 nitrogen and oxygen atoms in total. The van der Waals surface area contributed by atoms with Gasteiger partial charge in [-0.1, -0.05) is 13.0 Å². The van der Waals surface area contributed by atoms with Crippen LogP contribution < -0.4 is 15.4 Å². The van der Waals surface area contributed by atoms with Gasteiger partial charge in [0.15, 0.2) is 10.9 Å². The smallest absolute Gasteiger partial charge is 0.291 e. The Bertz CT molecular complexity index is 1270. The molecule has 4 aromatic rings. The number of ether oxygens (including phenoxy) is 1. The lowest BCUT2D eigenvalue weighted by Gasteiger charge is -2.14. The van der Waals surface area contributed by atoms with Crippen LogP contribution in [0.1, 0.15) is 30.8 Å². The summed E-state index contributed by atoms with van der Waals surface area (Å²) in [6.45, 7) is 4.53. The molecular formula is C26H25N3O4S2. The minimum absolute atomic E-state index is 0.116. The zero-order valence-electron chi connectivity index (χ0n) is 19.3. The highest BCUT2D eigenvalue weighted by Gasteiger charge is 2.20. The van der Waals surface area contributed by atoms with E-state index < -0.39 is 0 Å². The van der Waals surface area contributed by atoms with Gasteiger partial charge in [-0.3, -0.25) is 9.59 Å². The van der Waals surface area contributed by atoms with E-state index in [1.165, 1.54) is 29.4 Å². The Balaban J connectivity index is 1.37. The molecule has 0 fully saturated rings. The molecule has 2 N–H and O–H groups in total. The standard InChI is InChI=1S/C26H25N3O4S2/c1-3-23(35-20-8-5-7-18(15-20)27-24(30)22-9-6-14-33-22)25(31)29-26-28-21(16-34-26)17-10-12-19(13-11-17)32-4-2/h5-16,23H,3-4H2,1-2H3,(H,27,30)(H,28,29,31). The van der Waals surface area contributed by atoms with Gasteiger partial charge in [-0.05, 0) is 67.9 Å². The topological polar surface area (TPSA) is 93.5 Å². The Morgan fingerprint density at radius 3 is 2.63 bits per heavy atom. The normalized spacial score (nSPS) is 11.6. The second-order valence-electron chi connectivity index (χ2n) is 7.46. The molecule has 1 atom stereocenters. The maximum atomic E-state index is 13.0. The molecule has 0 bridgehead atoms. The molecule has 2 aromatic carbocycles. The van der Waals surface area contributed by atoms with Crippen LogP contribution in [0, 0.1) is 0 Å². The Kier molecular flexibility index (Phi) is 8.23. The van der Waals surface area contributed by atoms with Crippen LogP contribution in [0.25, 0.3) is 11.3 Å². The first-order valence-electron chi connectivity index (χ1n) is 11.2. The van der Waals surface area contributed by atoms with Gasteiger partial charge in [0.2, 0.25) is 5.91 Å². The number of thiazole rings is 1. The van der Waals surface area contributed by atoms with Gasteiger partial charge < -0.3 is 19.8 Å². The number of hydrogen-bond donors (Lipinski definition) is 2. The summed E-state index contributed by atoms with van der Waals surface area (Å²) in [4.78, 5) is 30.6. The first kappa shape index (κ1) is 24.6. The number of aromatic nitrogens is 1. The van der Waals surface area contributed by atoms with Crippen LogP contribution in [-0.2, 0) is 4.79 Å². The van der Waals surface area contributed by atoms with E-state index in [0.717, 1.165) is 21.9 Å². The van der Waals surface area contributed by atoms with E-state index in [0.29, 0.717) is 23.8 Å². The van der Waals surface area contributed by atoms with Crippen molar-refractivity contribution in [3.05, 3.63) is 78.1 Å². The molecule has 1 unspecified atom stereocenters. The van der Waals surface area contributed by atoms with Crippen LogP contribution in [0.2, 0.25) is 0 Å². The lowest BCUT2D eigenvalue weighted by Crippen LogP contribution is -2.24. The first-order chi connectivity index (χ1) is 17.1. The molecule has 2 heterocycles. The maximum absolute atomic E-state index is 13.0. The summed E-state index contributed by atoms with van der Waals surface area (Å²) in [5.41, 5.74) is 2.39. The van der Waals surface area contributed by atoms with Crippen molar-refractivity contribution < 1.29 is 18.7 Å². The zero-order valence-corrected chi connectivity index (χ0v) is 20.9. The van der Waals surface area contributed by atoms with Crippen LogP contribution in [0.3, 0.4) is 0 Å². The van der Waals surface area contributed by atoms with E-state index >= 15 is 0 Å². The third kappa shape index (κ3) is 6.52. The molecule has 9 heteroatoms. The van der Waals surface area contributed by atoms with Crippen molar-refractivity contribution in [3.63, 3.8) is 0 Å². The third-order valence-corrected chi connectivity index (χ3v) is 7.09. The molecule has 0 saturated heterocycles. The van der Waals surface area contributed by atoms with Crippen molar-refractivity contribution in [2.45, 2.75) is 30.4 Å². The van der Waals surface area contributed by atoms with Crippen LogP contribution >= 0.6 is 23.1 Å². The number of benzene rings is 2. The molecular weight excluding hydrogens is 482 g/mol. The lowest BCUT2D eigenvalue weighted by atomic mass is 10.2. The van der Waals surface area contributed by atoms with Gasteiger partial charge in [0.25, 0.3) is 5.91 Å². The molecule has 180 valence electrons. The van der Waals surface area contributed by atoms with Crippen LogP contribution in [0.4, 0.5) is 10.8 Å². The molecule has 2 aromatic heterocycles. The van der Waals surface area contributed by atoms with Gasteiger partial charge in [-0.2, -0.15) is 0 Å². The van der Waals surface area contributed by atoms with Crippen molar-refractivity contribution in [1.82, 2.24) is 4.98 Å². The Hall–Kier alpha value is -3.56. The summed E-state index contributed by atoms with van der Waals surface area (Å²) in [5, 5.41) is 7.91. The predicted octanol–water partition coefficient (Wildman–Crippen LogP) is 6.56. The number of furan rings is 1. The second-order valence-corrected chi connectivity index (χ2v) is 9.59. The summed E-state index contributed by atoms with van der Waals surface area (Å²) < 4.78 is 10.6. The van der Waals surface area contributed by atoms with Crippen molar-refractivity contribution >= 4 is 45.7 Å². The van der Waals surface area contributed by atoms with Gasteiger partial charge in [0.05, 0.1) is 23.8 Å². The minimum atomic E-state index is -0.325. The largest absolute Gasteiger partial charge is 0.494 e. The van der Waals surface area contributed by atoms with E-state index in [4.69, 9.17) is 9.15 Å². The van der Waals surface area contributed by atoms with E-state index in [2.05, 4.69) is 15.6 Å². The fourth-order valence-corrected chi connectivity index (χ4v) is 5.01. The lowest BCUT2D eigenvalue weighted by molar-refractivity contribution is -0.115. The number of rotatable bonds is 10. The maximum Gasteiger partial charge on any atom is 0.291 e. The third-order valence-electron chi connectivity index (χ3n) is 4.97. The number of hydrogen-bond acceptors (Lipinski definition) is 7. The van der Waals surface area contributed by atoms with Gasteiger partial charge in [-0.15, -0.1) is 23.1 Å². The molecule has 35 heavy (non-hydrogen) atoms. The van der Waals surface area contributed by atoms with E-state index in [9.17, 15) is 9.59 Å². The quantitative estimate of drug-likeness (QED) is 0.236. The average molecular weight is 508 g/mol. The Labute approximate surface area is 211 Å². The van der Waals surface area contributed by atoms with E-state index in [-0.39, 0.29) is 22.8 Å². The summed E-state index contributed by atoms with van der Waals surface area (Å²) in [6.07, 6.45) is 2.09. The monoisotopic (exact) mass is 507 g/mol. The number of carbonyl (C=O) groups excluding carboxylic acids is 2. The Morgan fingerprint density at radius 2 is 1.91 bits per heavy atom. The molecule has 0 aliphatic heterocycles. The highest BCUT2D eigenvalue weighted by molar-refractivity contribution is 8.00. The summed E-state index contributed by atoms with van der Waals surface area (Å²) in [6, 6.07) is 18.4. The Morgan fingerprint density at radius 1 is 1.09 bits per heavy atom. The zero-order chi connectivity index (χ0) is 24.6. The minimum Gasteiger partial charge on any atom is -0.494 e. The van der Waals surface area contributed by atoms with Gasteiger partial charge >= 0.3 is 0 Å². The highest BCUT2D eigenvalue weighted by Crippen LogP contribution is 2.30. The van der Waals surface area contributed by atoms with Crippen molar-refractivity contribution in [3.8, 4) is 17.0 Å². The van der Waals surface area contributed by atoms with Gasteiger partial charge in [0.1, 0.15) is 5.75 Å². The van der Waals surface area contributed by atoms with E-state index in [1.807, 2.05) is 61.7 Å². The van der Waals surface area contributed by atoms with Crippen LogP contribution in [0.15, 0.2) is 81.6 Å². The van der Waals surface area contributed by atoms with E-state index in [1.54, 1.807) is 18.2 Å². The highest BCUT2D eigenvalue weighted by atomic mass is 32.2. The van der Waals surface area contributed by atoms with Crippen LogP contribution in [-0.4, -0.2) is 28.7 Å². The molecule has 0 radical (unpaired) electrons. The molecule has 0 aliphatic rings. The van der Waals surface area contributed by atoms with Crippen molar-refractivity contribution in [2.75, 3.05) is 17.2 Å². The van der Waals surface area contributed by atoms with Crippen molar-refractivity contribution in [1.29, 1.82) is 0 Å². The molecule has 4 rings (SSSR count). The number of nitrogens with zero attached hydrogens (tertiary/aromatic N) is 1.